The first-order chi connectivity index (χ1) is 8.47. The standard InChI is InChI=1S/C13H17ClFNO2/c1-8(2)12(13(17)18-3)16-7-9-10(14)5-4-6-11(9)15/h4-6,8,12,16H,7H2,1-3H3/t12-/m0/s1. The number of ether oxygens (including phenoxy) is 1. The number of benzene rings is 1. The first kappa shape index (κ1) is 14.9. The molecular formula is C13H17ClFNO2. The smallest absolute Gasteiger partial charge is 0.323 e. The van der Waals surface area contributed by atoms with Gasteiger partial charge >= 0.3 is 5.97 Å². The summed E-state index contributed by atoms with van der Waals surface area (Å²) in [5.41, 5.74) is 0.355. The number of halogens is 2. The molecule has 1 aromatic carbocycles. The molecule has 1 aromatic rings. The number of methoxy groups -OCH3 is 1. The lowest BCUT2D eigenvalue weighted by atomic mass is 10.0. The molecule has 0 aliphatic carbocycles. The molecule has 5 heteroatoms. The van der Waals surface area contributed by atoms with Crippen LogP contribution in [0.2, 0.25) is 5.02 Å². The number of carbonyl (C=O) groups excluding carboxylic acids is 1. The molecule has 1 N–H and O–H groups in total. The minimum absolute atomic E-state index is 0.0444. The van der Waals surface area contributed by atoms with Crippen molar-refractivity contribution in [1.29, 1.82) is 0 Å². The Morgan fingerprint density at radius 2 is 2.17 bits per heavy atom. The predicted molar refractivity (Wildman–Crippen MR) is 68.9 cm³/mol. The summed E-state index contributed by atoms with van der Waals surface area (Å²) in [4.78, 5) is 11.5. The number of nitrogens with one attached hydrogen (secondary N) is 1. The van der Waals surface area contributed by atoms with E-state index in [2.05, 4.69) is 5.32 Å². The molecule has 18 heavy (non-hydrogen) atoms. The van der Waals surface area contributed by atoms with Crippen LogP contribution >= 0.6 is 11.6 Å². The zero-order valence-electron chi connectivity index (χ0n) is 10.7. The van der Waals surface area contributed by atoms with Gasteiger partial charge in [-0.05, 0) is 18.1 Å². The molecule has 100 valence electrons. The fourth-order valence-corrected chi connectivity index (χ4v) is 1.86. The lowest BCUT2D eigenvalue weighted by molar-refractivity contribution is -0.144. The third kappa shape index (κ3) is 3.68. The van der Waals surface area contributed by atoms with Crippen LogP contribution in [0.1, 0.15) is 19.4 Å². The van der Waals surface area contributed by atoms with Gasteiger partial charge in [-0.25, -0.2) is 4.39 Å². The number of carbonyl (C=O) groups is 1. The molecule has 1 atom stereocenters. The van der Waals surface area contributed by atoms with Crippen molar-refractivity contribution in [3.05, 3.63) is 34.6 Å². The van der Waals surface area contributed by atoms with Crippen molar-refractivity contribution in [2.45, 2.75) is 26.4 Å². The van der Waals surface area contributed by atoms with Gasteiger partial charge in [-0.3, -0.25) is 10.1 Å². The molecule has 0 heterocycles. The van der Waals surface area contributed by atoms with E-state index in [0.717, 1.165) is 0 Å². The van der Waals surface area contributed by atoms with Gasteiger partial charge in [0.25, 0.3) is 0 Å². The molecule has 0 aliphatic heterocycles. The predicted octanol–water partition coefficient (Wildman–Crippen LogP) is 2.77. The van der Waals surface area contributed by atoms with Crippen LogP contribution in [0.3, 0.4) is 0 Å². The summed E-state index contributed by atoms with van der Waals surface area (Å²) >= 11 is 5.91. The van der Waals surface area contributed by atoms with Gasteiger partial charge in [-0.15, -0.1) is 0 Å². The fourth-order valence-electron chi connectivity index (χ4n) is 1.63. The van der Waals surface area contributed by atoms with E-state index in [1.165, 1.54) is 13.2 Å². The van der Waals surface area contributed by atoms with Crippen LogP contribution in [0, 0.1) is 11.7 Å². The lowest BCUT2D eigenvalue weighted by Gasteiger charge is -2.20. The van der Waals surface area contributed by atoms with Crippen molar-refractivity contribution >= 4 is 17.6 Å². The topological polar surface area (TPSA) is 38.3 Å². The number of hydrogen-bond donors (Lipinski definition) is 1. The molecule has 0 aliphatic rings. The van der Waals surface area contributed by atoms with Gasteiger partial charge < -0.3 is 4.74 Å². The summed E-state index contributed by atoms with van der Waals surface area (Å²) in [5.74, 6) is -0.706. The highest BCUT2D eigenvalue weighted by Crippen LogP contribution is 2.19. The molecule has 0 bridgehead atoms. The second-order valence-electron chi connectivity index (χ2n) is 4.33. The Hall–Kier alpha value is -1.13. The average molecular weight is 274 g/mol. The number of rotatable bonds is 5. The molecule has 1 rings (SSSR count). The highest BCUT2D eigenvalue weighted by molar-refractivity contribution is 6.31. The molecule has 0 saturated carbocycles. The summed E-state index contributed by atoms with van der Waals surface area (Å²) < 4.78 is 18.2. The molecule has 0 amide bonds. The highest BCUT2D eigenvalue weighted by atomic mass is 35.5. The lowest BCUT2D eigenvalue weighted by Crippen LogP contribution is -2.41. The van der Waals surface area contributed by atoms with Gasteiger partial charge in [-0.1, -0.05) is 31.5 Å². The van der Waals surface area contributed by atoms with Gasteiger partial charge in [-0.2, -0.15) is 0 Å². The van der Waals surface area contributed by atoms with Crippen LogP contribution in [0.25, 0.3) is 0 Å². The molecule has 3 nitrogen and oxygen atoms in total. The minimum Gasteiger partial charge on any atom is -0.468 e. The second-order valence-corrected chi connectivity index (χ2v) is 4.73. The minimum atomic E-state index is -0.481. The van der Waals surface area contributed by atoms with Crippen LogP contribution in [0.5, 0.6) is 0 Å². The molecule has 0 saturated heterocycles. The van der Waals surface area contributed by atoms with Gasteiger partial charge in [0.1, 0.15) is 11.9 Å². The third-order valence-electron chi connectivity index (χ3n) is 2.68. The van der Waals surface area contributed by atoms with Crippen molar-refractivity contribution in [2.24, 2.45) is 5.92 Å². The Morgan fingerprint density at radius 3 is 2.67 bits per heavy atom. The zero-order valence-corrected chi connectivity index (χ0v) is 11.4. The van der Waals surface area contributed by atoms with E-state index in [1.807, 2.05) is 13.8 Å². The van der Waals surface area contributed by atoms with Crippen LogP contribution in [0.15, 0.2) is 18.2 Å². The summed E-state index contributed by atoms with van der Waals surface area (Å²) in [6.45, 7) is 3.96. The van der Waals surface area contributed by atoms with Gasteiger partial charge in [0.05, 0.1) is 7.11 Å². The van der Waals surface area contributed by atoms with Gasteiger partial charge in [0, 0.05) is 17.1 Å². The summed E-state index contributed by atoms with van der Waals surface area (Å²) in [7, 11) is 1.33. The molecule has 0 radical (unpaired) electrons. The number of esters is 1. The largest absolute Gasteiger partial charge is 0.468 e. The van der Waals surface area contributed by atoms with Gasteiger partial charge in [0.2, 0.25) is 0 Å². The highest BCUT2D eigenvalue weighted by Gasteiger charge is 2.22. The van der Waals surface area contributed by atoms with E-state index in [-0.39, 0.29) is 24.2 Å². The van der Waals surface area contributed by atoms with E-state index < -0.39 is 6.04 Å². The first-order valence-corrected chi connectivity index (χ1v) is 6.09. The Morgan fingerprint density at radius 1 is 1.50 bits per heavy atom. The Balaban J connectivity index is 2.76. The van der Waals surface area contributed by atoms with E-state index in [1.54, 1.807) is 12.1 Å². The number of hydrogen-bond acceptors (Lipinski definition) is 3. The second kappa shape index (κ2) is 6.71. The monoisotopic (exact) mass is 273 g/mol. The summed E-state index contributed by atoms with van der Waals surface area (Å²) in [6.07, 6.45) is 0. The van der Waals surface area contributed by atoms with Crippen LogP contribution < -0.4 is 5.32 Å². The molecule has 0 unspecified atom stereocenters. The molecule has 0 spiro atoms. The SMILES string of the molecule is COC(=O)[C@@H](NCc1c(F)cccc1Cl)C(C)C. The van der Waals surface area contributed by atoms with Crippen LogP contribution in [0.4, 0.5) is 4.39 Å². The van der Waals surface area contributed by atoms with Crippen LogP contribution in [-0.2, 0) is 16.1 Å². The third-order valence-corrected chi connectivity index (χ3v) is 3.04. The van der Waals surface area contributed by atoms with Crippen molar-refractivity contribution < 1.29 is 13.9 Å². The Kier molecular flexibility index (Phi) is 5.56. The Labute approximate surface area is 111 Å². The molecule has 0 aromatic heterocycles. The zero-order chi connectivity index (χ0) is 13.7. The maximum atomic E-state index is 13.5. The maximum Gasteiger partial charge on any atom is 0.323 e. The van der Waals surface area contributed by atoms with Crippen molar-refractivity contribution in [2.75, 3.05) is 7.11 Å². The van der Waals surface area contributed by atoms with E-state index in [9.17, 15) is 9.18 Å². The summed E-state index contributed by atoms with van der Waals surface area (Å²) in [6, 6.07) is 4.02. The van der Waals surface area contributed by atoms with E-state index >= 15 is 0 Å². The van der Waals surface area contributed by atoms with Crippen LogP contribution in [-0.4, -0.2) is 19.1 Å². The van der Waals surface area contributed by atoms with Crippen molar-refractivity contribution in [3.8, 4) is 0 Å². The fraction of sp³-hybridized carbons (Fsp3) is 0.462. The van der Waals surface area contributed by atoms with Gasteiger partial charge in [0.15, 0.2) is 0 Å². The first-order valence-electron chi connectivity index (χ1n) is 5.71. The van der Waals surface area contributed by atoms with Crippen molar-refractivity contribution in [3.63, 3.8) is 0 Å². The van der Waals surface area contributed by atoms with E-state index in [4.69, 9.17) is 16.3 Å². The van der Waals surface area contributed by atoms with Crippen molar-refractivity contribution in [1.82, 2.24) is 5.32 Å². The molecule has 0 fully saturated rings. The normalized spacial score (nSPS) is 12.6. The summed E-state index contributed by atoms with van der Waals surface area (Å²) in [5, 5.41) is 3.31. The van der Waals surface area contributed by atoms with E-state index in [0.29, 0.717) is 10.6 Å². The molecular weight excluding hydrogens is 257 g/mol. The quantitative estimate of drug-likeness (QED) is 0.839. The maximum absolute atomic E-state index is 13.5. The average Bonchev–Trinajstić information content (AvgIpc) is 2.31. The Bertz CT molecular complexity index is 403.